The number of nitrogens with one attached hydrogen (secondary N) is 3. The van der Waals surface area contributed by atoms with Gasteiger partial charge in [0, 0.05) is 13.6 Å². The zero-order chi connectivity index (χ0) is 20.5. The molecule has 4 N–H and O–H groups in total. The standard InChI is InChI=1S/C14H16BrFN8O4/c1-17-23(6-7-24(26)27)5-4-18-13-12(21-28-22-13)14(20-25)19-9-2-3-11(16)10(15)8-9/h2-3,6-8,17,25H,4-5H2,1H3,(H,18,22)(H,19,20). The highest BCUT2D eigenvalue weighted by atomic mass is 79.9. The first-order chi connectivity index (χ1) is 13.4. The Kier molecular flexibility index (Phi) is 7.79. The third kappa shape index (κ3) is 5.97. The lowest BCUT2D eigenvalue weighted by molar-refractivity contribution is -0.403. The molecule has 1 aromatic heterocycles. The molecule has 2 rings (SSSR count). The van der Waals surface area contributed by atoms with Gasteiger partial charge in [-0.3, -0.25) is 20.8 Å². The van der Waals surface area contributed by atoms with Crippen molar-refractivity contribution in [3.05, 3.63) is 56.7 Å². The normalized spacial score (nSPS) is 11.6. The smallest absolute Gasteiger partial charge is 0.251 e. The van der Waals surface area contributed by atoms with E-state index in [4.69, 9.17) is 0 Å². The Labute approximate surface area is 166 Å². The van der Waals surface area contributed by atoms with Crippen LogP contribution in [-0.2, 0) is 0 Å². The average Bonchev–Trinajstić information content (AvgIpc) is 3.13. The number of aromatic nitrogens is 2. The van der Waals surface area contributed by atoms with Gasteiger partial charge in [-0.15, -0.1) is 0 Å². The van der Waals surface area contributed by atoms with Gasteiger partial charge in [-0.05, 0) is 44.4 Å². The van der Waals surface area contributed by atoms with Crippen LogP contribution in [-0.4, -0.2) is 51.4 Å². The lowest BCUT2D eigenvalue weighted by Gasteiger charge is -2.17. The summed E-state index contributed by atoms with van der Waals surface area (Å²) in [5, 5.41) is 31.5. The topological polar surface area (TPSA) is 154 Å². The maximum Gasteiger partial charge on any atom is 0.251 e. The van der Waals surface area contributed by atoms with Crippen molar-refractivity contribution in [2.24, 2.45) is 4.99 Å². The zero-order valence-corrected chi connectivity index (χ0v) is 16.1. The summed E-state index contributed by atoms with van der Waals surface area (Å²) in [6.45, 7) is 0.627. The Morgan fingerprint density at radius 1 is 1.54 bits per heavy atom. The van der Waals surface area contributed by atoms with Gasteiger partial charge in [-0.25, -0.2) is 19.4 Å². The summed E-state index contributed by atoms with van der Waals surface area (Å²) >= 11 is 3.05. The summed E-state index contributed by atoms with van der Waals surface area (Å²) in [7, 11) is 1.61. The van der Waals surface area contributed by atoms with Crippen molar-refractivity contribution in [1.82, 2.24) is 26.2 Å². The summed E-state index contributed by atoms with van der Waals surface area (Å²) in [5.41, 5.74) is 5.08. The maximum atomic E-state index is 13.3. The summed E-state index contributed by atoms with van der Waals surface area (Å²) in [4.78, 5) is 13.9. The van der Waals surface area contributed by atoms with Crippen LogP contribution < -0.4 is 16.2 Å². The molecule has 28 heavy (non-hydrogen) atoms. The molecule has 0 amide bonds. The highest BCUT2D eigenvalue weighted by molar-refractivity contribution is 9.10. The Balaban J connectivity index is 2.09. The minimum Gasteiger partial charge on any atom is -0.363 e. The number of nitro groups is 1. The van der Waals surface area contributed by atoms with E-state index in [0.717, 1.165) is 6.20 Å². The van der Waals surface area contributed by atoms with E-state index in [1.54, 1.807) is 7.05 Å². The molecule has 14 heteroatoms. The number of hydrogen-bond donors (Lipinski definition) is 4. The summed E-state index contributed by atoms with van der Waals surface area (Å²) in [6, 6.07) is 4.03. The SMILES string of the molecule is CNN(C=C[N+](=O)[O-])CCNc1nonc1C(=Nc1ccc(F)c(Br)c1)NO. The van der Waals surface area contributed by atoms with Crippen LogP contribution in [0.1, 0.15) is 5.69 Å². The molecule has 0 unspecified atom stereocenters. The van der Waals surface area contributed by atoms with Crippen LogP contribution >= 0.6 is 15.9 Å². The second-order valence-electron chi connectivity index (χ2n) is 5.06. The van der Waals surface area contributed by atoms with Gasteiger partial charge in [0.1, 0.15) is 5.82 Å². The Morgan fingerprint density at radius 3 is 2.96 bits per heavy atom. The van der Waals surface area contributed by atoms with Gasteiger partial charge in [-0.2, -0.15) is 0 Å². The van der Waals surface area contributed by atoms with Gasteiger partial charge >= 0.3 is 0 Å². The Bertz CT molecular complexity index is 875. The van der Waals surface area contributed by atoms with Crippen LogP contribution in [0, 0.1) is 15.9 Å². The van der Waals surface area contributed by atoms with Gasteiger partial charge in [0.15, 0.2) is 11.5 Å². The van der Waals surface area contributed by atoms with E-state index in [-0.39, 0.29) is 21.8 Å². The maximum absolute atomic E-state index is 13.3. The lowest BCUT2D eigenvalue weighted by Crippen LogP contribution is -2.34. The summed E-state index contributed by atoms with van der Waals surface area (Å²) < 4.78 is 18.2. The molecule has 150 valence electrons. The van der Waals surface area contributed by atoms with E-state index in [1.807, 2.05) is 5.48 Å². The van der Waals surface area contributed by atoms with Gasteiger partial charge in [-0.1, -0.05) is 0 Å². The van der Waals surface area contributed by atoms with Crippen molar-refractivity contribution in [1.29, 1.82) is 0 Å². The monoisotopic (exact) mass is 458 g/mol. The largest absolute Gasteiger partial charge is 0.363 e. The highest BCUT2D eigenvalue weighted by Gasteiger charge is 2.16. The molecule has 0 spiro atoms. The van der Waals surface area contributed by atoms with E-state index in [0.29, 0.717) is 18.8 Å². The lowest BCUT2D eigenvalue weighted by atomic mass is 10.3. The summed E-state index contributed by atoms with van der Waals surface area (Å²) in [6.07, 6.45) is 2.05. The molecule has 1 aromatic carbocycles. The number of aliphatic imine (C=N–C) groups is 1. The van der Waals surface area contributed by atoms with E-state index >= 15 is 0 Å². The van der Waals surface area contributed by atoms with Gasteiger partial charge in [0.2, 0.25) is 5.82 Å². The molecule has 12 nitrogen and oxygen atoms in total. The molecule has 0 bridgehead atoms. The molecule has 0 radical (unpaired) electrons. The fourth-order valence-corrected chi connectivity index (χ4v) is 2.33. The van der Waals surface area contributed by atoms with Gasteiger partial charge in [0.05, 0.1) is 27.8 Å². The van der Waals surface area contributed by atoms with Crippen molar-refractivity contribution in [3.63, 3.8) is 0 Å². The average molecular weight is 459 g/mol. The number of amidine groups is 1. The van der Waals surface area contributed by atoms with Crippen molar-refractivity contribution in [2.75, 3.05) is 25.5 Å². The third-order valence-corrected chi connectivity index (χ3v) is 3.87. The van der Waals surface area contributed by atoms with Crippen molar-refractivity contribution >= 4 is 33.3 Å². The number of hydroxylamine groups is 1. The number of rotatable bonds is 9. The first-order valence-electron chi connectivity index (χ1n) is 7.71. The van der Waals surface area contributed by atoms with Crippen LogP contribution in [0.4, 0.5) is 15.9 Å². The number of anilines is 1. The number of hydrogen-bond acceptors (Lipinski definition) is 10. The Morgan fingerprint density at radius 2 is 2.32 bits per heavy atom. The molecular formula is C14H16BrFN8O4. The van der Waals surface area contributed by atoms with E-state index < -0.39 is 10.7 Å². The molecule has 0 saturated heterocycles. The number of nitrogens with zero attached hydrogens (tertiary/aromatic N) is 5. The molecule has 0 aliphatic carbocycles. The van der Waals surface area contributed by atoms with Crippen molar-refractivity contribution < 1.29 is 19.2 Å². The second kappa shape index (κ2) is 10.3. The molecular weight excluding hydrogens is 443 g/mol. The molecule has 0 aliphatic heterocycles. The third-order valence-electron chi connectivity index (χ3n) is 3.26. The molecule has 0 fully saturated rings. The second-order valence-corrected chi connectivity index (χ2v) is 5.91. The molecule has 2 aromatic rings. The first kappa shape index (κ1) is 21.2. The van der Waals surface area contributed by atoms with Crippen LogP contribution in [0.5, 0.6) is 0 Å². The van der Waals surface area contributed by atoms with Crippen LogP contribution in [0.15, 0.2) is 44.7 Å². The fourth-order valence-electron chi connectivity index (χ4n) is 1.97. The minimum absolute atomic E-state index is 0.0824. The first-order valence-corrected chi connectivity index (χ1v) is 8.50. The molecule has 0 atom stereocenters. The predicted molar refractivity (Wildman–Crippen MR) is 99.9 cm³/mol. The van der Waals surface area contributed by atoms with Gasteiger partial charge in [0.25, 0.3) is 6.20 Å². The van der Waals surface area contributed by atoms with E-state index in [9.17, 15) is 19.7 Å². The Hall–Kier alpha value is -3.10. The summed E-state index contributed by atoms with van der Waals surface area (Å²) in [5.74, 6) is -0.361. The van der Waals surface area contributed by atoms with Crippen molar-refractivity contribution in [3.8, 4) is 0 Å². The number of halogens is 2. The predicted octanol–water partition coefficient (Wildman–Crippen LogP) is 1.62. The van der Waals surface area contributed by atoms with Crippen LogP contribution in [0.25, 0.3) is 0 Å². The molecule has 1 heterocycles. The van der Waals surface area contributed by atoms with Crippen LogP contribution in [0.3, 0.4) is 0 Å². The number of benzene rings is 1. The zero-order valence-electron chi connectivity index (χ0n) is 14.5. The molecule has 0 aliphatic rings. The fraction of sp³-hybridized carbons (Fsp3) is 0.214. The van der Waals surface area contributed by atoms with E-state index in [1.165, 1.54) is 29.4 Å². The van der Waals surface area contributed by atoms with Crippen LogP contribution in [0.2, 0.25) is 0 Å². The minimum atomic E-state index is -0.582. The van der Waals surface area contributed by atoms with Crippen molar-refractivity contribution in [2.45, 2.75) is 0 Å². The molecule has 0 saturated carbocycles. The number of hydrazine groups is 1. The quantitative estimate of drug-likeness (QED) is 0.188. The van der Waals surface area contributed by atoms with E-state index in [2.05, 4.69) is 46.6 Å². The highest BCUT2D eigenvalue weighted by Crippen LogP contribution is 2.23. The van der Waals surface area contributed by atoms with Gasteiger partial charge < -0.3 is 10.3 Å².